The van der Waals surface area contributed by atoms with E-state index in [4.69, 9.17) is 4.74 Å². The molecule has 7 nitrogen and oxygen atoms in total. The van der Waals surface area contributed by atoms with Crippen molar-refractivity contribution in [2.24, 2.45) is 5.92 Å². The summed E-state index contributed by atoms with van der Waals surface area (Å²) in [4.78, 5) is 27.3. The summed E-state index contributed by atoms with van der Waals surface area (Å²) >= 11 is 1.28. The Kier molecular flexibility index (Phi) is 5.50. The molecule has 0 saturated carbocycles. The molecule has 2 heterocycles. The van der Waals surface area contributed by atoms with E-state index in [0.29, 0.717) is 23.7 Å². The van der Waals surface area contributed by atoms with E-state index in [1.807, 2.05) is 55.6 Å². The maximum Gasteiger partial charge on any atom is 0.229 e. The van der Waals surface area contributed by atoms with Gasteiger partial charge in [-0.25, -0.2) is 0 Å². The highest BCUT2D eigenvalue weighted by Gasteiger charge is 2.36. The molecule has 30 heavy (non-hydrogen) atoms. The Morgan fingerprint density at radius 3 is 2.80 bits per heavy atom. The van der Waals surface area contributed by atoms with Gasteiger partial charge in [-0.1, -0.05) is 22.7 Å². The van der Waals surface area contributed by atoms with Gasteiger partial charge < -0.3 is 15.0 Å². The van der Waals surface area contributed by atoms with Gasteiger partial charge in [-0.05, 0) is 54.7 Å². The van der Waals surface area contributed by atoms with Gasteiger partial charge in [0.1, 0.15) is 11.4 Å². The fourth-order valence-corrected chi connectivity index (χ4v) is 4.03. The van der Waals surface area contributed by atoms with E-state index in [9.17, 15) is 9.59 Å². The van der Waals surface area contributed by atoms with Crippen LogP contribution in [0.2, 0.25) is 0 Å². The second kappa shape index (κ2) is 8.23. The summed E-state index contributed by atoms with van der Waals surface area (Å²) in [6.07, 6.45) is 0.164. The van der Waals surface area contributed by atoms with E-state index >= 15 is 0 Å². The number of rotatable bonds is 5. The lowest BCUT2D eigenvalue weighted by atomic mass is 10.1. The van der Waals surface area contributed by atoms with Gasteiger partial charge in [-0.15, -0.1) is 5.10 Å². The molecule has 154 valence electrons. The predicted molar refractivity (Wildman–Crippen MR) is 117 cm³/mol. The third kappa shape index (κ3) is 3.91. The minimum absolute atomic E-state index is 0.0851. The number of hydrogen-bond acceptors (Lipinski definition) is 6. The second-order valence-corrected chi connectivity index (χ2v) is 8.00. The summed E-state index contributed by atoms with van der Waals surface area (Å²) in [6.45, 7) is 4.21. The standard InChI is InChI=1S/C22H22N4O3S/c1-13-4-7-20(29-3)19(8-13)26-11-16(10-21(26)27)22(28)23-17-9-15(6-5-14(17)2)18-12-30-25-24-18/h4-9,12,16H,10-11H2,1-3H3,(H,23,28)/t16-/m0/s1. The molecule has 2 aromatic carbocycles. The molecule has 0 spiro atoms. The van der Waals surface area contributed by atoms with Crippen molar-refractivity contribution in [3.8, 4) is 17.0 Å². The smallest absolute Gasteiger partial charge is 0.229 e. The first-order valence-corrected chi connectivity index (χ1v) is 10.4. The molecule has 0 bridgehead atoms. The van der Waals surface area contributed by atoms with Gasteiger partial charge in [0.05, 0.1) is 18.7 Å². The summed E-state index contributed by atoms with van der Waals surface area (Å²) in [5.41, 5.74) is 5.03. The van der Waals surface area contributed by atoms with Crippen LogP contribution in [0.15, 0.2) is 41.8 Å². The third-order valence-electron chi connectivity index (χ3n) is 5.27. The minimum atomic E-state index is -0.438. The van der Waals surface area contributed by atoms with Crippen molar-refractivity contribution in [2.75, 3.05) is 23.9 Å². The molecule has 2 amide bonds. The summed E-state index contributed by atoms with van der Waals surface area (Å²) < 4.78 is 9.30. The molecular weight excluding hydrogens is 400 g/mol. The van der Waals surface area contributed by atoms with E-state index in [-0.39, 0.29) is 18.2 Å². The van der Waals surface area contributed by atoms with Crippen LogP contribution in [-0.4, -0.2) is 35.1 Å². The van der Waals surface area contributed by atoms with Gasteiger partial charge in [0.25, 0.3) is 0 Å². The normalized spacial score (nSPS) is 16.0. The number of methoxy groups -OCH3 is 1. The number of amides is 2. The first-order chi connectivity index (χ1) is 14.5. The number of nitrogens with zero attached hydrogens (tertiary/aromatic N) is 3. The molecule has 1 saturated heterocycles. The van der Waals surface area contributed by atoms with E-state index in [1.54, 1.807) is 12.0 Å². The fourth-order valence-electron chi connectivity index (χ4n) is 3.57. The Morgan fingerprint density at radius 2 is 2.07 bits per heavy atom. The van der Waals surface area contributed by atoms with Crippen molar-refractivity contribution in [1.82, 2.24) is 9.59 Å². The van der Waals surface area contributed by atoms with Crippen LogP contribution in [0.5, 0.6) is 5.75 Å². The fraction of sp³-hybridized carbons (Fsp3) is 0.273. The van der Waals surface area contributed by atoms with Crippen molar-refractivity contribution >= 4 is 34.7 Å². The minimum Gasteiger partial charge on any atom is -0.495 e. The van der Waals surface area contributed by atoms with Gasteiger partial charge in [0, 0.05) is 29.6 Å². The maximum atomic E-state index is 13.0. The van der Waals surface area contributed by atoms with E-state index in [1.165, 1.54) is 11.5 Å². The Hall–Kier alpha value is -3.26. The van der Waals surface area contributed by atoms with Gasteiger partial charge in [-0.3, -0.25) is 9.59 Å². The Labute approximate surface area is 178 Å². The number of nitrogens with one attached hydrogen (secondary N) is 1. The number of carbonyl (C=O) groups excluding carboxylic acids is 2. The zero-order chi connectivity index (χ0) is 21.3. The summed E-state index contributed by atoms with van der Waals surface area (Å²) in [5.74, 6) is -0.0747. The van der Waals surface area contributed by atoms with Crippen molar-refractivity contribution < 1.29 is 14.3 Å². The highest BCUT2D eigenvalue weighted by molar-refractivity contribution is 7.03. The molecule has 1 N–H and O–H groups in total. The Bertz CT molecular complexity index is 1100. The third-order valence-corrected chi connectivity index (χ3v) is 5.78. The number of benzene rings is 2. The van der Waals surface area contributed by atoms with E-state index < -0.39 is 5.92 Å². The Morgan fingerprint density at radius 1 is 1.23 bits per heavy atom. The zero-order valence-corrected chi connectivity index (χ0v) is 17.8. The first-order valence-electron chi connectivity index (χ1n) is 9.60. The number of carbonyl (C=O) groups is 2. The molecule has 1 fully saturated rings. The quantitative estimate of drug-likeness (QED) is 0.676. The van der Waals surface area contributed by atoms with Crippen LogP contribution in [-0.2, 0) is 9.59 Å². The lowest BCUT2D eigenvalue weighted by Gasteiger charge is -2.20. The summed E-state index contributed by atoms with van der Waals surface area (Å²) in [7, 11) is 1.58. The van der Waals surface area contributed by atoms with Crippen LogP contribution in [0.4, 0.5) is 11.4 Å². The maximum absolute atomic E-state index is 13.0. The number of hydrogen-bond donors (Lipinski definition) is 1. The predicted octanol–water partition coefficient (Wildman–Crippen LogP) is 3.82. The average molecular weight is 423 g/mol. The highest BCUT2D eigenvalue weighted by Crippen LogP contribution is 2.34. The van der Waals surface area contributed by atoms with Crippen LogP contribution < -0.4 is 15.0 Å². The molecule has 0 radical (unpaired) electrons. The van der Waals surface area contributed by atoms with Gasteiger partial charge in [-0.2, -0.15) is 0 Å². The number of ether oxygens (including phenoxy) is 1. The summed E-state index contributed by atoms with van der Waals surface area (Å²) in [6, 6.07) is 11.5. The molecule has 8 heteroatoms. The molecule has 0 aliphatic carbocycles. The van der Waals surface area contributed by atoms with Crippen LogP contribution in [0.25, 0.3) is 11.3 Å². The molecule has 1 atom stereocenters. The molecule has 0 unspecified atom stereocenters. The molecular formula is C22H22N4O3S. The molecule has 4 rings (SSSR count). The monoisotopic (exact) mass is 422 g/mol. The number of anilines is 2. The van der Waals surface area contributed by atoms with Crippen LogP contribution in [0, 0.1) is 19.8 Å². The van der Waals surface area contributed by atoms with Gasteiger partial charge in [0.15, 0.2) is 0 Å². The average Bonchev–Trinajstić information content (AvgIpc) is 3.39. The van der Waals surface area contributed by atoms with Gasteiger partial charge in [0.2, 0.25) is 11.8 Å². The van der Waals surface area contributed by atoms with Gasteiger partial charge >= 0.3 is 0 Å². The first kappa shape index (κ1) is 20.0. The van der Waals surface area contributed by atoms with E-state index in [2.05, 4.69) is 14.9 Å². The molecule has 1 aliphatic heterocycles. The molecule has 1 aromatic heterocycles. The Balaban J connectivity index is 1.52. The SMILES string of the molecule is COc1ccc(C)cc1N1C[C@@H](C(=O)Nc2cc(-c3csnn3)ccc2C)CC1=O. The summed E-state index contributed by atoms with van der Waals surface area (Å²) in [5, 5.41) is 8.94. The van der Waals surface area contributed by atoms with Crippen LogP contribution in [0.1, 0.15) is 17.5 Å². The van der Waals surface area contributed by atoms with Crippen molar-refractivity contribution in [2.45, 2.75) is 20.3 Å². The zero-order valence-electron chi connectivity index (χ0n) is 17.0. The van der Waals surface area contributed by atoms with E-state index in [0.717, 1.165) is 22.4 Å². The second-order valence-electron chi connectivity index (χ2n) is 7.39. The molecule has 1 aliphatic rings. The largest absolute Gasteiger partial charge is 0.495 e. The highest BCUT2D eigenvalue weighted by atomic mass is 32.1. The lowest BCUT2D eigenvalue weighted by Crippen LogP contribution is -2.28. The topological polar surface area (TPSA) is 84.4 Å². The number of aromatic nitrogens is 2. The lowest BCUT2D eigenvalue weighted by molar-refractivity contribution is -0.122. The number of aryl methyl sites for hydroxylation is 2. The van der Waals surface area contributed by atoms with Crippen molar-refractivity contribution in [3.05, 3.63) is 52.9 Å². The molecule has 3 aromatic rings. The van der Waals surface area contributed by atoms with Crippen molar-refractivity contribution in [1.29, 1.82) is 0 Å². The van der Waals surface area contributed by atoms with Crippen LogP contribution in [0.3, 0.4) is 0 Å². The van der Waals surface area contributed by atoms with Crippen molar-refractivity contribution in [3.63, 3.8) is 0 Å². The van der Waals surface area contributed by atoms with Crippen LogP contribution >= 0.6 is 11.5 Å².